The quantitative estimate of drug-likeness (QED) is 0.0650. The van der Waals surface area contributed by atoms with Crippen molar-refractivity contribution >= 4 is 23.7 Å². The van der Waals surface area contributed by atoms with Crippen LogP contribution < -0.4 is 0 Å². The van der Waals surface area contributed by atoms with E-state index in [1.54, 1.807) is 11.5 Å². The number of hydrogen-bond donors (Lipinski definition) is 1. The third-order valence-corrected chi connectivity index (χ3v) is 9.20. The molecule has 0 radical (unpaired) electrons. The molecule has 2 fully saturated rings. The first kappa shape index (κ1) is 38.6. The van der Waals surface area contributed by atoms with Gasteiger partial charge in [0.2, 0.25) is 12.1 Å². The summed E-state index contributed by atoms with van der Waals surface area (Å²) in [6, 6.07) is 15.6. The zero-order valence-corrected chi connectivity index (χ0v) is 30.5. The number of unbranched alkanes of at least 4 members (excludes halogenated alkanes) is 1. The van der Waals surface area contributed by atoms with Crippen LogP contribution in [-0.4, -0.2) is 104 Å². The summed E-state index contributed by atoms with van der Waals surface area (Å²) in [5.74, 6) is 0.263. The van der Waals surface area contributed by atoms with Gasteiger partial charge in [-0.3, -0.25) is 0 Å². The average molecular weight is 770 g/mol. The average Bonchev–Trinajstić information content (AvgIpc) is 3.94. The Morgan fingerprint density at radius 3 is 2.48 bits per heavy atom. The lowest BCUT2D eigenvalue weighted by Gasteiger charge is -2.19. The molecule has 6 rings (SSSR count). The maximum absolute atomic E-state index is 13.5. The predicted molar refractivity (Wildman–Crippen MR) is 188 cm³/mol. The molecule has 2 aromatic carbocycles. The van der Waals surface area contributed by atoms with E-state index in [0.29, 0.717) is 18.1 Å². The van der Waals surface area contributed by atoms with E-state index < -0.39 is 54.0 Å². The summed E-state index contributed by atoms with van der Waals surface area (Å²) in [4.78, 5) is 45.8. The highest BCUT2D eigenvalue weighted by Gasteiger charge is 2.50. The van der Waals surface area contributed by atoms with Crippen molar-refractivity contribution in [2.75, 3.05) is 19.8 Å². The van der Waals surface area contributed by atoms with Crippen LogP contribution in [0, 0.1) is 10.1 Å². The zero-order valence-electron chi connectivity index (χ0n) is 29.8. The van der Waals surface area contributed by atoms with Crippen LogP contribution in [0.5, 0.6) is 0 Å². The molecule has 2 aromatic heterocycles. The van der Waals surface area contributed by atoms with Crippen LogP contribution >= 0.6 is 11.6 Å². The van der Waals surface area contributed by atoms with Gasteiger partial charge in [0.05, 0.1) is 13.2 Å². The minimum absolute atomic E-state index is 0.0230. The van der Waals surface area contributed by atoms with Gasteiger partial charge in [0.1, 0.15) is 30.2 Å². The van der Waals surface area contributed by atoms with Crippen molar-refractivity contribution in [3.05, 3.63) is 80.9 Å². The third kappa shape index (κ3) is 9.30. The van der Waals surface area contributed by atoms with Gasteiger partial charge >= 0.3 is 12.1 Å². The lowest BCUT2D eigenvalue weighted by atomic mass is 9.98. The first-order valence-corrected chi connectivity index (χ1v) is 17.9. The Morgan fingerprint density at radius 1 is 1.06 bits per heavy atom. The molecular weight excluding hydrogens is 730 g/mol. The molecule has 2 aliphatic rings. The van der Waals surface area contributed by atoms with Crippen LogP contribution in [0.4, 0.5) is 4.79 Å². The number of carbonyl (C=O) groups excluding carboxylic acids is 2. The molecule has 0 bridgehead atoms. The Kier molecular flexibility index (Phi) is 12.7. The number of halogens is 1. The summed E-state index contributed by atoms with van der Waals surface area (Å²) in [6.45, 7) is 5.66. The van der Waals surface area contributed by atoms with Gasteiger partial charge in [-0.15, -0.1) is 20.3 Å². The molecule has 6 atom stereocenters. The molecule has 0 spiro atoms. The lowest BCUT2D eigenvalue weighted by Crippen LogP contribution is -2.36. The van der Waals surface area contributed by atoms with Crippen LogP contribution in [0.15, 0.2) is 48.5 Å². The van der Waals surface area contributed by atoms with Crippen molar-refractivity contribution < 1.29 is 47.9 Å². The number of aryl methyl sites for hydroxylation is 1. The normalized spacial score (nSPS) is 20.2. The van der Waals surface area contributed by atoms with Gasteiger partial charge in [-0.1, -0.05) is 73.5 Å². The van der Waals surface area contributed by atoms with E-state index in [4.69, 9.17) is 40.0 Å². The molecule has 1 N–H and O–H groups in total. The first-order valence-electron chi connectivity index (χ1n) is 17.5. The van der Waals surface area contributed by atoms with Crippen LogP contribution in [0.25, 0.3) is 22.5 Å². The predicted octanol–water partition coefficient (Wildman–Crippen LogP) is 4.97. The van der Waals surface area contributed by atoms with Crippen molar-refractivity contribution in [1.29, 1.82) is 0 Å². The summed E-state index contributed by atoms with van der Waals surface area (Å²) in [5.41, 5.74) is 3.59. The maximum Gasteiger partial charge on any atom is 0.511 e. The molecule has 3 unspecified atom stereocenters. The minimum atomic E-state index is -1.34. The van der Waals surface area contributed by atoms with Crippen molar-refractivity contribution in [1.82, 2.24) is 30.2 Å². The van der Waals surface area contributed by atoms with Gasteiger partial charge in [-0.2, -0.15) is 5.21 Å². The number of rotatable bonds is 17. The Labute approximate surface area is 314 Å². The summed E-state index contributed by atoms with van der Waals surface area (Å²) in [7, 11) is 0. The van der Waals surface area contributed by atoms with Crippen molar-refractivity contribution in [3.63, 3.8) is 0 Å². The number of tetrazole rings is 1. The molecule has 288 valence electrons. The van der Waals surface area contributed by atoms with Gasteiger partial charge in [-0.05, 0) is 41.7 Å². The largest absolute Gasteiger partial charge is 0.511 e. The highest BCUT2D eigenvalue weighted by molar-refractivity contribution is 6.32. The number of imidazole rings is 1. The second kappa shape index (κ2) is 17.8. The lowest BCUT2D eigenvalue weighted by molar-refractivity contribution is -0.767. The number of benzene rings is 2. The van der Waals surface area contributed by atoms with Gasteiger partial charge in [-0.25, -0.2) is 14.6 Å². The Morgan fingerprint density at radius 2 is 1.78 bits per heavy atom. The molecule has 0 amide bonds. The van der Waals surface area contributed by atoms with Crippen LogP contribution in [-0.2, 0) is 46.2 Å². The number of aromatic amines is 1. The molecule has 2 aliphatic heterocycles. The molecule has 4 heterocycles. The third-order valence-electron chi connectivity index (χ3n) is 8.94. The second-order valence-electron chi connectivity index (χ2n) is 12.8. The summed E-state index contributed by atoms with van der Waals surface area (Å²) >= 11 is 6.54. The summed E-state index contributed by atoms with van der Waals surface area (Å²) in [5, 5.41) is 24.0. The topological polar surface area (TPSA) is 214 Å². The molecule has 18 nitrogen and oxygen atoms in total. The highest BCUT2D eigenvalue weighted by atomic mass is 35.5. The van der Waals surface area contributed by atoms with Gasteiger partial charge in [0.15, 0.2) is 17.0 Å². The van der Waals surface area contributed by atoms with E-state index in [1.165, 1.54) is 6.92 Å². The Bertz CT molecular complexity index is 1890. The van der Waals surface area contributed by atoms with Crippen molar-refractivity contribution in [2.45, 2.75) is 89.8 Å². The van der Waals surface area contributed by atoms with Crippen LogP contribution in [0.3, 0.4) is 0 Å². The number of aromatic nitrogens is 6. The Balaban J connectivity index is 1.06. The molecule has 4 aromatic rings. The SMILES string of the molecule is CCCCc1nc(Cl)c(C(=O)OC(C)OC(=O)O[C@H]2COC3C2OC[C@H]3OCC[C@@H](C)O[N+](=O)[O-])n1Cc1ccc(-c2ccccc2-c2nn[nH]n2)cc1. The van der Waals surface area contributed by atoms with Crippen molar-refractivity contribution in [3.8, 4) is 22.5 Å². The van der Waals surface area contributed by atoms with Crippen LogP contribution in [0.2, 0.25) is 5.15 Å². The standard InChI is InChI=1S/C35H40ClN7O11/c1-4-5-10-28-37-32(36)29(42(28)17-22-11-13-23(14-12-22)24-8-6-7-9-25(24)33-38-40-41-39-33)34(44)51-21(3)52-35(45)53-27-19-50-30-26(18-49-31(27)30)48-16-15-20(2)54-43(46)47/h6-9,11-14,20-21,26-27,30-31H,4-5,10,15-19H2,1-3H3,(H,38,39,40,41)/t20-,21?,26-,27+,30?,31?/m1/s1. The number of nitrogens with one attached hydrogen (secondary N) is 1. The summed E-state index contributed by atoms with van der Waals surface area (Å²) in [6.07, 6.45) is -2.88. The zero-order chi connectivity index (χ0) is 38.2. The molecular formula is C35H40ClN7O11. The fourth-order valence-corrected chi connectivity index (χ4v) is 6.59. The smallest absolute Gasteiger partial charge is 0.426 e. The second-order valence-corrected chi connectivity index (χ2v) is 13.1. The van der Waals surface area contributed by atoms with E-state index in [1.807, 2.05) is 48.5 Å². The van der Waals surface area contributed by atoms with E-state index in [-0.39, 0.29) is 43.6 Å². The van der Waals surface area contributed by atoms with Crippen LogP contribution in [0.1, 0.15) is 61.9 Å². The van der Waals surface area contributed by atoms with E-state index in [9.17, 15) is 19.7 Å². The van der Waals surface area contributed by atoms with Crippen molar-refractivity contribution in [2.24, 2.45) is 0 Å². The number of hydrogen-bond acceptors (Lipinski definition) is 15. The highest BCUT2D eigenvalue weighted by Crippen LogP contribution is 2.32. The number of nitrogens with zero attached hydrogens (tertiary/aromatic N) is 6. The minimum Gasteiger partial charge on any atom is -0.426 e. The fourth-order valence-electron chi connectivity index (χ4n) is 6.31. The number of esters is 1. The number of H-pyrrole nitrogens is 1. The fraction of sp³-hybridized carbons (Fsp3) is 0.486. The molecule has 0 aliphatic carbocycles. The Hall–Kier alpha value is -5.17. The monoisotopic (exact) mass is 769 g/mol. The van der Waals surface area contributed by atoms with E-state index in [0.717, 1.165) is 35.1 Å². The van der Waals surface area contributed by atoms with E-state index >= 15 is 0 Å². The maximum atomic E-state index is 13.5. The van der Waals surface area contributed by atoms with E-state index in [2.05, 4.69) is 37.4 Å². The molecule has 0 saturated carbocycles. The number of carbonyl (C=O) groups is 2. The van der Waals surface area contributed by atoms with Gasteiger partial charge < -0.3 is 37.8 Å². The molecule has 54 heavy (non-hydrogen) atoms. The molecule has 2 saturated heterocycles. The first-order chi connectivity index (χ1) is 26.1. The number of ether oxygens (including phenoxy) is 6. The van der Waals surface area contributed by atoms with Gasteiger partial charge in [0.25, 0.3) is 5.09 Å². The molecule has 19 heteroatoms. The number of fused-ring (bicyclic) bond motifs is 1. The summed E-state index contributed by atoms with van der Waals surface area (Å²) < 4.78 is 35.3. The van der Waals surface area contributed by atoms with Gasteiger partial charge in [0, 0.05) is 32.1 Å².